The van der Waals surface area contributed by atoms with Crippen LogP contribution in [0.25, 0.3) is 11.0 Å². The highest BCUT2D eigenvalue weighted by molar-refractivity contribution is 9.10. The molecule has 1 aromatic carbocycles. The number of halogens is 4. The van der Waals surface area contributed by atoms with E-state index in [0.29, 0.717) is 11.0 Å². The number of aromatic nitrogens is 2. The van der Waals surface area contributed by atoms with Crippen molar-refractivity contribution in [3.63, 3.8) is 0 Å². The molecule has 0 amide bonds. The van der Waals surface area contributed by atoms with Gasteiger partial charge in [-0.3, -0.25) is 0 Å². The van der Waals surface area contributed by atoms with Gasteiger partial charge in [0.2, 0.25) is 5.82 Å². The quantitative estimate of drug-likeness (QED) is 0.724. The highest BCUT2D eigenvalue weighted by Crippen LogP contribution is 2.32. The molecule has 0 bridgehead atoms. The Kier molecular flexibility index (Phi) is 2.49. The van der Waals surface area contributed by atoms with E-state index in [1.165, 1.54) is 7.05 Å². The van der Waals surface area contributed by atoms with Gasteiger partial charge in [0.25, 0.3) is 0 Å². The molecule has 0 spiro atoms. The molecule has 0 N–H and O–H groups in total. The third kappa shape index (κ3) is 1.71. The van der Waals surface area contributed by atoms with Gasteiger partial charge in [0.1, 0.15) is 0 Å². The predicted molar refractivity (Wildman–Crippen MR) is 58.2 cm³/mol. The highest BCUT2D eigenvalue weighted by atomic mass is 79.9. The molecular weight excluding hydrogens is 285 g/mol. The van der Waals surface area contributed by atoms with Crippen molar-refractivity contribution in [3.05, 3.63) is 28.0 Å². The van der Waals surface area contributed by atoms with Gasteiger partial charge in [-0.05, 0) is 24.6 Å². The van der Waals surface area contributed by atoms with Gasteiger partial charge in [-0.2, -0.15) is 13.2 Å². The minimum absolute atomic E-state index is 0.387. The molecule has 2 nitrogen and oxygen atoms in total. The van der Waals surface area contributed by atoms with Crippen LogP contribution in [0.4, 0.5) is 13.2 Å². The normalized spacial score (nSPS) is 12.4. The highest BCUT2D eigenvalue weighted by Gasteiger charge is 2.36. The average Bonchev–Trinajstić information content (AvgIpc) is 2.43. The van der Waals surface area contributed by atoms with Crippen molar-refractivity contribution < 1.29 is 13.2 Å². The molecule has 0 aliphatic rings. The molecule has 2 rings (SSSR count). The fourth-order valence-corrected chi connectivity index (χ4v) is 2.23. The Morgan fingerprint density at radius 2 is 1.94 bits per heavy atom. The number of benzene rings is 1. The zero-order valence-electron chi connectivity index (χ0n) is 8.56. The van der Waals surface area contributed by atoms with Crippen LogP contribution in [-0.4, -0.2) is 9.55 Å². The summed E-state index contributed by atoms with van der Waals surface area (Å²) >= 11 is 3.25. The lowest BCUT2D eigenvalue weighted by Gasteiger charge is -2.05. The van der Waals surface area contributed by atoms with Crippen molar-refractivity contribution in [3.8, 4) is 0 Å². The van der Waals surface area contributed by atoms with Crippen LogP contribution in [0, 0.1) is 6.92 Å². The molecule has 0 unspecified atom stereocenters. The first-order chi connectivity index (χ1) is 7.30. The van der Waals surface area contributed by atoms with Crippen molar-refractivity contribution >= 4 is 27.0 Å². The van der Waals surface area contributed by atoms with Gasteiger partial charge >= 0.3 is 6.18 Å². The molecule has 6 heteroatoms. The minimum atomic E-state index is -4.42. The smallest absolute Gasteiger partial charge is 0.323 e. The Morgan fingerprint density at radius 1 is 1.31 bits per heavy atom. The third-order valence-corrected chi connectivity index (χ3v) is 2.85. The number of hydrogen-bond donors (Lipinski definition) is 0. The van der Waals surface area contributed by atoms with Crippen LogP contribution >= 0.6 is 15.9 Å². The van der Waals surface area contributed by atoms with E-state index in [2.05, 4.69) is 20.9 Å². The first-order valence-electron chi connectivity index (χ1n) is 4.50. The topological polar surface area (TPSA) is 17.8 Å². The second-order valence-electron chi connectivity index (χ2n) is 3.58. The summed E-state index contributed by atoms with van der Waals surface area (Å²) in [5, 5.41) is 0. The van der Waals surface area contributed by atoms with Crippen LogP contribution in [0.1, 0.15) is 11.4 Å². The Labute approximate surface area is 98.2 Å². The summed E-state index contributed by atoms with van der Waals surface area (Å²) in [5.74, 6) is -0.872. The Bertz CT molecular complexity index is 557. The predicted octanol–water partition coefficient (Wildman–Crippen LogP) is 3.66. The van der Waals surface area contributed by atoms with Gasteiger partial charge in [0.15, 0.2) is 0 Å². The van der Waals surface area contributed by atoms with Crippen molar-refractivity contribution in [2.75, 3.05) is 0 Å². The van der Waals surface area contributed by atoms with E-state index < -0.39 is 12.0 Å². The van der Waals surface area contributed by atoms with Crippen molar-refractivity contribution in [2.45, 2.75) is 13.1 Å². The lowest BCUT2D eigenvalue weighted by atomic mass is 10.2. The van der Waals surface area contributed by atoms with E-state index in [4.69, 9.17) is 0 Å². The Hall–Kier alpha value is -1.04. The van der Waals surface area contributed by atoms with E-state index in [9.17, 15) is 13.2 Å². The lowest BCUT2D eigenvalue weighted by Crippen LogP contribution is -2.12. The largest absolute Gasteiger partial charge is 0.449 e. The van der Waals surface area contributed by atoms with Gasteiger partial charge < -0.3 is 4.57 Å². The second-order valence-corrected chi connectivity index (χ2v) is 4.50. The molecule has 0 aliphatic heterocycles. The van der Waals surface area contributed by atoms with E-state index in [1.807, 2.05) is 0 Å². The summed E-state index contributed by atoms with van der Waals surface area (Å²) in [6.45, 7) is 1.74. The molecule has 16 heavy (non-hydrogen) atoms. The van der Waals surface area contributed by atoms with E-state index >= 15 is 0 Å². The molecular formula is C10H8BrF3N2. The second kappa shape index (κ2) is 3.48. The SMILES string of the molecule is Cc1cc(Br)cc2c1nc(C(F)(F)F)n2C. The number of rotatable bonds is 0. The number of nitrogens with zero attached hydrogens (tertiary/aromatic N) is 2. The Morgan fingerprint density at radius 3 is 2.50 bits per heavy atom. The van der Waals surface area contributed by atoms with Crippen molar-refractivity contribution in [1.29, 1.82) is 0 Å². The molecule has 86 valence electrons. The molecule has 0 aliphatic carbocycles. The summed E-state index contributed by atoms with van der Waals surface area (Å²) in [4.78, 5) is 3.64. The first-order valence-corrected chi connectivity index (χ1v) is 5.30. The van der Waals surface area contributed by atoms with Crippen LogP contribution in [0.2, 0.25) is 0 Å². The number of hydrogen-bond acceptors (Lipinski definition) is 1. The maximum absolute atomic E-state index is 12.6. The summed E-state index contributed by atoms with van der Waals surface area (Å²) < 4.78 is 39.7. The maximum atomic E-state index is 12.6. The van der Waals surface area contributed by atoms with E-state index in [1.54, 1.807) is 19.1 Å². The van der Waals surface area contributed by atoms with Crippen LogP contribution < -0.4 is 0 Å². The first kappa shape index (κ1) is 11.4. The van der Waals surface area contributed by atoms with Crippen LogP contribution in [0.15, 0.2) is 16.6 Å². The summed E-state index contributed by atoms with van der Waals surface area (Å²) in [7, 11) is 1.37. The monoisotopic (exact) mass is 292 g/mol. The zero-order valence-corrected chi connectivity index (χ0v) is 10.1. The number of fused-ring (bicyclic) bond motifs is 1. The number of imidazole rings is 1. The molecule has 2 aromatic rings. The van der Waals surface area contributed by atoms with Gasteiger partial charge in [0.05, 0.1) is 11.0 Å². The van der Waals surface area contributed by atoms with E-state index in [-0.39, 0.29) is 0 Å². The standard InChI is InChI=1S/C10H8BrF3N2/c1-5-3-6(11)4-7-8(5)15-9(16(7)2)10(12,13)14/h3-4H,1-2H3. The zero-order chi connectivity index (χ0) is 12.1. The molecule has 1 heterocycles. The van der Waals surface area contributed by atoms with Crippen LogP contribution in [0.3, 0.4) is 0 Å². The maximum Gasteiger partial charge on any atom is 0.449 e. The molecule has 0 radical (unpaired) electrons. The Balaban J connectivity index is 2.83. The molecule has 0 saturated heterocycles. The van der Waals surface area contributed by atoms with Crippen LogP contribution in [0.5, 0.6) is 0 Å². The van der Waals surface area contributed by atoms with E-state index in [0.717, 1.165) is 14.6 Å². The minimum Gasteiger partial charge on any atom is -0.323 e. The fraction of sp³-hybridized carbons (Fsp3) is 0.300. The third-order valence-electron chi connectivity index (χ3n) is 2.40. The average molecular weight is 293 g/mol. The molecule has 1 aromatic heterocycles. The number of alkyl halides is 3. The summed E-state index contributed by atoms with van der Waals surface area (Å²) in [6.07, 6.45) is -4.42. The molecule has 0 fully saturated rings. The van der Waals surface area contributed by atoms with Gasteiger partial charge in [0, 0.05) is 11.5 Å². The fourth-order valence-electron chi connectivity index (χ4n) is 1.67. The van der Waals surface area contributed by atoms with Crippen molar-refractivity contribution in [1.82, 2.24) is 9.55 Å². The lowest BCUT2D eigenvalue weighted by molar-refractivity contribution is -0.146. The molecule has 0 atom stereocenters. The van der Waals surface area contributed by atoms with Crippen LogP contribution in [-0.2, 0) is 13.2 Å². The van der Waals surface area contributed by atoms with Crippen molar-refractivity contribution in [2.24, 2.45) is 7.05 Å². The van der Waals surface area contributed by atoms with Gasteiger partial charge in [-0.25, -0.2) is 4.98 Å². The van der Waals surface area contributed by atoms with Gasteiger partial charge in [-0.15, -0.1) is 0 Å². The molecule has 0 saturated carbocycles. The summed E-state index contributed by atoms with van der Waals surface area (Å²) in [5.41, 5.74) is 1.58. The number of aryl methyl sites for hydroxylation is 2. The van der Waals surface area contributed by atoms with Gasteiger partial charge in [-0.1, -0.05) is 15.9 Å². The summed E-state index contributed by atoms with van der Waals surface area (Å²) in [6, 6.07) is 3.38.